The van der Waals surface area contributed by atoms with Crippen LogP contribution in [0.5, 0.6) is 0 Å². The van der Waals surface area contributed by atoms with Crippen LogP contribution < -0.4 is 0 Å². The van der Waals surface area contributed by atoms with Crippen molar-refractivity contribution in [3.05, 3.63) is 29.8 Å². The average molecular weight is 366 g/mol. The number of hydrogen-bond donors (Lipinski definition) is 0. The number of sulfonamides is 1. The predicted molar refractivity (Wildman–Crippen MR) is 94.7 cm³/mol. The van der Waals surface area contributed by atoms with Gasteiger partial charge in [-0.05, 0) is 45.5 Å². The van der Waals surface area contributed by atoms with Crippen LogP contribution in [0.1, 0.15) is 24.8 Å². The third-order valence-electron chi connectivity index (χ3n) is 5.28. The van der Waals surface area contributed by atoms with Crippen LogP contribution in [-0.4, -0.2) is 63.4 Å². The van der Waals surface area contributed by atoms with E-state index in [1.807, 2.05) is 25.1 Å². The van der Waals surface area contributed by atoms with Crippen LogP contribution in [0.3, 0.4) is 0 Å². The first-order valence-corrected chi connectivity index (χ1v) is 10.1. The van der Waals surface area contributed by atoms with E-state index in [0.29, 0.717) is 43.8 Å². The fourth-order valence-corrected chi connectivity index (χ4v) is 5.56. The molecule has 0 radical (unpaired) electrons. The summed E-state index contributed by atoms with van der Waals surface area (Å²) < 4.78 is 32.9. The van der Waals surface area contributed by atoms with Gasteiger partial charge >= 0.3 is 5.97 Å². The van der Waals surface area contributed by atoms with Crippen LogP contribution in [0.15, 0.2) is 29.2 Å². The molecule has 0 amide bonds. The minimum absolute atomic E-state index is 0.0953. The molecule has 1 aromatic rings. The van der Waals surface area contributed by atoms with Gasteiger partial charge in [0.25, 0.3) is 0 Å². The zero-order valence-electron chi connectivity index (χ0n) is 15.1. The van der Waals surface area contributed by atoms with Gasteiger partial charge in [-0.1, -0.05) is 18.2 Å². The van der Waals surface area contributed by atoms with Gasteiger partial charge in [0.1, 0.15) is 6.10 Å². The van der Waals surface area contributed by atoms with E-state index < -0.39 is 15.4 Å². The maximum atomic E-state index is 12.9. The van der Waals surface area contributed by atoms with Crippen molar-refractivity contribution in [1.82, 2.24) is 9.21 Å². The van der Waals surface area contributed by atoms with Crippen LogP contribution in [0.25, 0.3) is 0 Å². The number of nitrogens with zero attached hydrogens (tertiary/aromatic N) is 2. The van der Waals surface area contributed by atoms with Gasteiger partial charge in [-0.3, -0.25) is 4.79 Å². The Balaban J connectivity index is 1.72. The molecule has 0 aliphatic carbocycles. The Bertz CT molecular complexity index is 752. The van der Waals surface area contributed by atoms with E-state index >= 15 is 0 Å². The second-order valence-electron chi connectivity index (χ2n) is 7.44. The fourth-order valence-electron chi connectivity index (χ4n) is 3.89. The number of carbonyl (C=O) groups is 1. The molecule has 1 aromatic carbocycles. The van der Waals surface area contributed by atoms with Crippen LogP contribution in [0, 0.1) is 12.3 Å². The van der Waals surface area contributed by atoms with Gasteiger partial charge in [-0.15, -0.1) is 0 Å². The number of benzene rings is 1. The van der Waals surface area contributed by atoms with Crippen LogP contribution in [-0.2, 0) is 19.6 Å². The van der Waals surface area contributed by atoms with Gasteiger partial charge in [0, 0.05) is 26.1 Å². The molecule has 3 rings (SSSR count). The maximum absolute atomic E-state index is 12.9. The molecule has 2 heterocycles. The molecular weight excluding hydrogens is 340 g/mol. The summed E-state index contributed by atoms with van der Waals surface area (Å²) in [6.45, 7) is 3.23. The predicted octanol–water partition coefficient (Wildman–Crippen LogP) is 1.64. The number of carbonyl (C=O) groups excluding carboxylic acids is 1. The lowest BCUT2D eigenvalue weighted by Gasteiger charge is -2.36. The van der Waals surface area contributed by atoms with Crippen molar-refractivity contribution in [2.45, 2.75) is 37.2 Å². The smallest absolute Gasteiger partial charge is 0.312 e. The third-order valence-corrected chi connectivity index (χ3v) is 7.34. The highest BCUT2D eigenvalue weighted by molar-refractivity contribution is 7.89. The van der Waals surface area contributed by atoms with Gasteiger partial charge in [-0.25, -0.2) is 8.42 Å². The third kappa shape index (κ3) is 3.45. The van der Waals surface area contributed by atoms with Crippen molar-refractivity contribution in [2.75, 3.05) is 33.7 Å². The average Bonchev–Trinajstić information content (AvgIpc) is 2.82. The zero-order valence-corrected chi connectivity index (χ0v) is 15.9. The van der Waals surface area contributed by atoms with Crippen LogP contribution in [0.4, 0.5) is 0 Å². The highest BCUT2D eigenvalue weighted by atomic mass is 32.2. The minimum Gasteiger partial charge on any atom is -0.461 e. The summed E-state index contributed by atoms with van der Waals surface area (Å²) in [7, 11) is 0.393. The summed E-state index contributed by atoms with van der Waals surface area (Å²) in [5, 5.41) is 0. The van der Waals surface area contributed by atoms with Gasteiger partial charge in [0.05, 0.1) is 10.3 Å². The minimum atomic E-state index is -3.52. The molecule has 1 atom stereocenters. The van der Waals surface area contributed by atoms with E-state index in [1.165, 1.54) is 4.31 Å². The molecule has 6 nitrogen and oxygen atoms in total. The number of piperidine rings is 1. The van der Waals surface area contributed by atoms with Gasteiger partial charge in [-0.2, -0.15) is 4.31 Å². The molecule has 0 aromatic heterocycles. The molecule has 0 saturated carbocycles. The van der Waals surface area contributed by atoms with E-state index in [1.54, 1.807) is 25.1 Å². The molecule has 138 valence electrons. The molecule has 2 fully saturated rings. The molecule has 1 unspecified atom stereocenters. The van der Waals surface area contributed by atoms with Crippen molar-refractivity contribution >= 4 is 16.0 Å². The van der Waals surface area contributed by atoms with Gasteiger partial charge in [0.2, 0.25) is 10.0 Å². The van der Waals surface area contributed by atoms with Crippen molar-refractivity contribution in [3.8, 4) is 0 Å². The number of cyclic esters (lactones) is 1. The molecule has 2 aliphatic heterocycles. The Morgan fingerprint density at radius 2 is 1.88 bits per heavy atom. The number of esters is 1. The van der Waals surface area contributed by atoms with Gasteiger partial charge < -0.3 is 9.64 Å². The lowest BCUT2D eigenvalue weighted by atomic mass is 9.76. The topological polar surface area (TPSA) is 66.9 Å². The maximum Gasteiger partial charge on any atom is 0.312 e. The number of aryl methyl sites for hydroxylation is 1. The van der Waals surface area contributed by atoms with E-state index in [2.05, 4.69) is 0 Å². The molecular formula is C18H26N2O4S. The van der Waals surface area contributed by atoms with E-state index in [4.69, 9.17) is 4.74 Å². The summed E-state index contributed by atoms with van der Waals surface area (Å²) in [6, 6.07) is 7.02. The van der Waals surface area contributed by atoms with Gasteiger partial charge in [0.15, 0.2) is 0 Å². The summed E-state index contributed by atoms with van der Waals surface area (Å²) in [6.07, 6.45) is 1.64. The fraction of sp³-hybridized carbons (Fsp3) is 0.611. The van der Waals surface area contributed by atoms with Crippen molar-refractivity contribution in [1.29, 1.82) is 0 Å². The number of ether oxygens (including phenoxy) is 1. The SMILES string of the molecule is Cc1ccccc1S(=O)(=O)N1CCC2(CC1)CC(CN(C)C)OC2=O. The standard InChI is InChI=1S/C18H26N2O4S/c1-14-6-4-5-7-16(14)25(22,23)20-10-8-18(9-11-20)12-15(13-19(2)3)24-17(18)21/h4-7,15H,8-13H2,1-3H3. The Hall–Kier alpha value is -1.44. The van der Waals surface area contributed by atoms with E-state index in [9.17, 15) is 13.2 Å². The molecule has 1 spiro atoms. The summed E-state index contributed by atoms with van der Waals surface area (Å²) >= 11 is 0. The first-order valence-electron chi connectivity index (χ1n) is 8.66. The lowest BCUT2D eigenvalue weighted by molar-refractivity contribution is -0.150. The Kier molecular flexibility index (Phi) is 4.92. The van der Waals surface area contributed by atoms with E-state index in [0.717, 1.165) is 5.56 Å². The molecule has 0 bridgehead atoms. The first kappa shape index (κ1) is 18.4. The van der Waals surface area contributed by atoms with Crippen LogP contribution in [0.2, 0.25) is 0 Å². The highest BCUT2D eigenvalue weighted by Crippen LogP contribution is 2.44. The zero-order chi connectivity index (χ0) is 18.2. The number of hydrogen-bond acceptors (Lipinski definition) is 5. The molecule has 7 heteroatoms. The quantitative estimate of drug-likeness (QED) is 0.758. The first-order chi connectivity index (χ1) is 11.7. The Labute approximate surface area is 149 Å². The molecule has 25 heavy (non-hydrogen) atoms. The van der Waals surface area contributed by atoms with Crippen molar-refractivity contribution in [2.24, 2.45) is 5.41 Å². The number of likely N-dealkylation sites (N-methyl/N-ethyl adjacent to an activating group) is 1. The second kappa shape index (κ2) is 6.70. The highest BCUT2D eigenvalue weighted by Gasteiger charge is 2.51. The lowest BCUT2D eigenvalue weighted by Crippen LogP contribution is -2.45. The monoisotopic (exact) mass is 366 g/mol. The number of rotatable bonds is 4. The van der Waals surface area contributed by atoms with E-state index in [-0.39, 0.29) is 12.1 Å². The largest absolute Gasteiger partial charge is 0.461 e. The Morgan fingerprint density at radius 1 is 1.24 bits per heavy atom. The van der Waals surface area contributed by atoms with Crippen LogP contribution >= 0.6 is 0 Å². The molecule has 0 N–H and O–H groups in total. The second-order valence-corrected chi connectivity index (χ2v) is 9.35. The Morgan fingerprint density at radius 3 is 2.48 bits per heavy atom. The van der Waals surface area contributed by atoms with Crippen molar-refractivity contribution in [3.63, 3.8) is 0 Å². The molecule has 2 saturated heterocycles. The van der Waals surface area contributed by atoms with Crippen molar-refractivity contribution < 1.29 is 17.9 Å². The summed E-state index contributed by atoms with van der Waals surface area (Å²) in [4.78, 5) is 14.8. The molecule has 2 aliphatic rings. The summed E-state index contributed by atoms with van der Waals surface area (Å²) in [5.41, 5.74) is 0.229. The normalized spacial score (nSPS) is 24.0. The summed E-state index contributed by atoms with van der Waals surface area (Å²) in [5.74, 6) is -0.160.